The van der Waals surface area contributed by atoms with Crippen LogP contribution in [0.1, 0.15) is 51.3 Å². The van der Waals surface area contributed by atoms with Gasteiger partial charge < -0.3 is 16.0 Å². The van der Waals surface area contributed by atoms with Crippen molar-refractivity contribution in [3.63, 3.8) is 0 Å². The van der Waals surface area contributed by atoms with Crippen LogP contribution in [0.3, 0.4) is 0 Å². The number of amides is 3. The van der Waals surface area contributed by atoms with Crippen molar-refractivity contribution in [1.29, 1.82) is 0 Å². The first kappa shape index (κ1) is 24.7. The first-order valence-corrected chi connectivity index (χ1v) is 11.3. The van der Waals surface area contributed by atoms with Crippen LogP contribution in [0.4, 0.5) is 5.69 Å². The molecule has 0 aliphatic rings. The summed E-state index contributed by atoms with van der Waals surface area (Å²) in [5.41, 5.74) is 4.72. The molecule has 176 valence electrons. The van der Waals surface area contributed by atoms with Gasteiger partial charge in [0.25, 0.3) is 11.8 Å². The standard InChI is InChI=1S/C28H31N3O3/c1-18(2)25(31-27(33)23-14-10-20(4)11-15-23)28(34)29-17-21-6-5-7-24(16-21)30-26(32)22-12-8-19(3)9-13-22/h5-16,18,25H,17H2,1-4H3,(H,29,34)(H,30,32)(H,31,33). The minimum atomic E-state index is -0.668. The number of carbonyl (C=O) groups excluding carboxylic acids is 3. The van der Waals surface area contributed by atoms with Gasteiger partial charge in [-0.15, -0.1) is 0 Å². The van der Waals surface area contributed by atoms with Gasteiger partial charge in [-0.3, -0.25) is 14.4 Å². The Hall–Kier alpha value is -3.93. The molecule has 0 aliphatic carbocycles. The molecular weight excluding hydrogens is 426 g/mol. The second-order valence-corrected chi connectivity index (χ2v) is 8.80. The van der Waals surface area contributed by atoms with E-state index >= 15 is 0 Å². The van der Waals surface area contributed by atoms with Crippen LogP contribution in [0.25, 0.3) is 0 Å². The largest absolute Gasteiger partial charge is 0.350 e. The first-order chi connectivity index (χ1) is 16.2. The van der Waals surface area contributed by atoms with Crippen LogP contribution in [-0.2, 0) is 11.3 Å². The van der Waals surface area contributed by atoms with Crippen LogP contribution in [0.5, 0.6) is 0 Å². The summed E-state index contributed by atoms with van der Waals surface area (Å²) in [5.74, 6) is -0.825. The van der Waals surface area contributed by atoms with E-state index in [2.05, 4.69) is 16.0 Å². The predicted octanol–water partition coefficient (Wildman–Crippen LogP) is 4.63. The van der Waals surface area contributed by atoms with Crippen LogP contribution >= 0.6 is 0 Å². The molecule has 0 heterocycles. The van der Waals surface area contributed by atoms with Crippen LogP contribution < -0.4 is 16.0 Å². The molecule has 0 saturated heterocycles. The van der Waals surface area contributed by atoms with Crippen molar-refractivity contribution in [3.05, 3.63) is 101 Å². The van der Waals surface area contributed by atoms with Gasteiger partial charge in [0.2, 0.25) is 5.91 Å². The summed E-state index contributed by atoms with van der Waals surface area (Å²) < 4.78 is 0. The molecule has 0 fully saturated rings. The van der Waals surface area contributed by atoms with Crippen molar-refractivity contribution in [2.24, 2.45) is 5.92 Å². The molecule has 0 aromatic heterocycles. The van der Waals surface area contributed by atoms with Gasteiger partial charge in [-0.1, -0.05) is 61.4 Å². The van der Waals surface area contributed by atoms with Gasteiger partial charge >= 0.3 is 0 Å². The van der Waals surface area contributed by atoms with Crippen molar-refractivity contribution >= 4 is 23.4 Å². The van der Waals surface area contributed by atoms with E-state index in [1.807, 2.05) is 70.2 Å². The highest BCUT2D eigenvalue weighted by Crippen LogP contribution is 2.14. The third-order valence-electron chi connectivity index (χ3n) is 5.51. The van der Waals surface area contributed by atoms with Crippen LogP contribution in [0, 0.1) is 19.8 Å². The number of anilines is 1. The molecule has 0 aliphatic heterocycles. The van der Waals surface area contributed by atoms with E-state index in [1.54, 1.807) is 30.3 Å². The molecule has 3 rings (SSSR count). The average Bonchev–Trinajstić information content (AvgIpc) is 2.81. The molecule has 1 unspecified atom stereocenters. The maximum Gasteiger partial charge on any atom is 0.255 e. The molecule has 3 aromatic rings. The minimum absolute atomic E-state index is 0.0884. The summed E-state index contributed by atoms with van der Waals surface area (Å²) in [4.78, 5) is 37.9. The Bertz CT molecular complexity index is 1150. The number of rotatable bonds is 8. The smallest absolute Gasteiger partial charge is 0.255 e. The second kappa shape index (κ2) is 11.3. The van der Waals surface area contributed by atoms with Gasteiger partial charge in [0, 0.05) is 23.4 Å². The number of carbonyl (C=O) groups is 3. The summed E-state index contributed by atoms with van der Waals surface area (Å²) in [6.45, 7) is 7.98. The molecule has 6 heteroatoms. The number of nitrogens with one attached hydrogen (secondary N) is 3. The summed E-state index contributed by atoms with van der Waals surface area (Å²) in [6, 6.07) is 21.2. The lowest BCUT2D eigenvalue weighted by Gasteiger charge is -2.22. The van der Waals surface area contributed by atoms with Crippen molar-refractivity contribution in [1.82, 2.24) is 10.6 Å². The fraction of sp³-hybridized carbons (Fsp3) is 0.250. The Balaban J connectivity index is 1.60. The fourth-order valence-corrected chi connectivity index (χ4v) is 3.43. The lowest BCUT2D eigenvalue weighted by molar-refractivity contribution is -0.124. The highest BCUT2D eigenvalue weighted by molar-refractivity contribution is 6.04. The summed E-state index contributed by atoms with van der Waals surface area (Å²) >= 11 is 0. The van der Waals surface area contributed by atoms with Crippen LogP contribution in [-0.4, -0.2) is 23.8 Å². The van der Waals surface area contributed by atoms with E-state index in [1.165, 1.54) is 0 Å². The van der Waals surface area contributed by atoms with E-state index in [4.69, 9.17) is 0 Å². The molecular formula is C28H31N3O3. The highest BCUT2D eigenvalue weighted by Gasteiger charge is 2.24. The summed E-state index contributed by atoms with van der Waals surface area (Å²) in [6.07, 6.45) is 0. The normalized spacial score (nSPS) is 11.6. The number of hydrogen-bond acceptors (Lipinski definition) is 3. The van der Waals surface area contributed by atoms with E-state index < -0.39 is 6.04 Å². The van der Waals surface area contributed by atoms with E-state index in [0.29, 0.717) is 16.8 Å². The SMILES string of the molecule is Cc1ccc(C(=O)Nc2cccc(CNC(=O)C(NC(=O)c3ccc(C)cc3)C(C)C)c2)cc1. The lowest BCUT2D eigenvalue weighted by atomic mass is 10.0. The summed E-state index contributed by atoms with van der Waals surface area (Å²) in [7, 11) is 0. The maximum absolute atomic E-state index is 12.9. The zero-order valence-corrected chi connectivity index (χ0v) is 20.0. The number of aryl methyl sites for hydroxylation is 2. The van der Waals surface area contributed by atoms with Crippen molar-refractivity contribution in [2.45, 2.75) is 40.3 Å². The van der Waals surface area contributed by atoms with E-state index in [0.717, 1.165) is 16.7 Å². The number of hydrogen-bond donors (Lipinski definition) is 3. The van der Waals surface area contributed by atoms with Gasteiger partial charge in [0.15, 0.2) is 0 Å². The fourth-order valence-electron chi connectivity index (χ4n) is 3.43. The minimum Gasteiger partial charge on any atom is -0.350 e. The number of benzene rings is 3. The first-order valence-electron chi connectivity index (χ1n) is 11.3. The molecule has 3 aromatic carbocycles. The Morgan fingerprint density at radius 1 is 0.765 bits per heavy atom. The highest BCUT2D eigenvalue weighted by atomic mass is 16.2. The molecule has 3 N–H and O–H groups in total. The van der Waals surface area contributed by atoms with Gasteiger partial charge in [-0.25, -0.2) is 0 Å². The lowest BCUT2D eigenvalue weighted by Crippen LogP contribution is -2.49. The predicted molar refractivity (Wildman–Crippen MR) is 135 cm³/mol. The Labute approximate surface area is 200 Å². The van der Waals surface area contributed by atoms with Gasteiger partial charge in [0.05, 0.1) is 0 Å². The molecule has 1 atom stereocenters. The molecule has 34 heavy (non-hydrogen) atoms. The Morgan fingerprint density at radius 2 is 1.32 bits per heavy atom. The third-order valence-corrected chi connectivity index (χ3v) is 5.51. The van der Waals surface area contributed by atoms with Crippen LogP contribution in [0.2, 0.25) is 0 Å². The van der Waals surface area contributed by atoms with Gasteiger partial charge in [-0.05, 0) is 61.7 Å². The van der Waals surface area contributed by atoms with Crippen molar-refractivity contribution in [3.8, 4) is 0 Å². The Morgan fingerprint density at radius 3 is 1.88 bits per heavy atom. The van der Waals surface area contributed by atoms with E-state index in [-0.39, 0.29) is 30.2 Å². The van der Waals surface area contributed by atoms with Gasteiger partial charge in [-0.2, -0.15) is 0 Å². The van der Waals surface area contributed by atoms with E-state index in [9.17, 15) is 14.4 Å². The maximum atomic E-state index is 12.9. The monoisotopic (exact) mass is 457 g/mol. The van der Waals surface area contributed by atoms with Crippen LogP contribution in [0.15, 0.2) is 72.8 Å². The molecule has 0 bridgehead atoms. The zero-order chi connectivity index (χ0) is 24.7. The topological polar surface area (TPSA) is 87.3 Å². The molecule has 0 radical (unpaired) electrons. The second-order valence-electron chi connectivity index (χ2n) is 8.80. The average molecular weight is 458 g/mol. The third kappa shape index (κ3) is 6.78. The van der Waals surface area contributed by atoms with Gasteiger partial charge in [0.1, 0.15) is 6.04 Å². The molecule has 0 spiro atoms. The molecule has 3 amide bonds. The Kier molecular flexibility index (Phi) is 8.19. The van der Waals surface area contributed by atoms with Crippen molar-refractivity contribution in [2.75, 3.05) is 5.32 Å². The summed E-state index contributed by atoms with van der Waals surface area (Å²) in [5, 5.41) is 8.62. The molecule has 0 saturated carbocycles. The molecule has 6 nitrogen and oxygen atoms in total. The zero-order valence-electron chi connectivity index (χ0n) is 20.0. The van der Waals surface area contributed by atoms with Crippen molar-refractivity contribution < 1.29 is 14.4 Å². The quantitative estimate of drug-likeness (QED) is 0.461.